The Bertz CT molecular complexity index is 2580. The van der Waals surface area contributed by atoms with Gasteiger partial charge in [0, 0.05) is 6.08 Å². The minimum Gasteiger partial charge on any atom is -0.506 e. The smallest absolute Gasteiger partial charge is 0.343 e. The highest BCUT2D eigenvalue weighted by molar-refractivity contribution is 5.94. The van der Waals surface area contributed by atoms with Gasteiger partial charge < -0.3 is 34.6 Å². The molecule has 0 radical (unpaired) electrons. The predicted molar refractivity (Wildman–Crippen MR) is 232 cm³/mol. The molecule has 0 bridgehead atoms. The third-order valence-corrected chi connectivity index (χ3v) is 8.09. The molecule has 6 aromatic rings. The van der Waals surface area contributed by atoms with Crippen molar-refractivity contribution in [2.45, 2.75) is 0 Å². The molecule has 0 amide bonds. The molecule has 4 N–H and O–H groups in total. The average molecular weight is 852 g/mol. The number of carbonyl (C=O) groups is 4. The molecule has 0 unspecified atom stereocenters. The molecule has 0 fully saturated rings. The van der Waals surface area contributed by atoms with Gasteiger partial charge in [-0.3, -0.25) is 0 Å². The Morgan fingerprint density at radius 3 is 0.984 bits per heavy atom. The van der Waals surface area contributed by atoms with Crippen molar-refractivity contribution in [1.29, 1.82) is 0 Å². The number of carboxylic acid groups (broad SMARTS) is 1. The first kappa shape index (κ1) is 46.3. The fraction of sp³-hybridized carbons (Fsp3) is 0. The lowest BCUT2D eigenvalue weighted by atomic mass is 10.2. The number of nitrogens with zero attached hydrogens (tertiary/aromatic N) is 3. The Balaban J connectivity index is 0.000000208. The van der Waals surface area contributed by atoms with Crippen LogP contribution in [0.4, 0.5) is 17.1 Å². The Morgan fingerprint density at radius 2 is 0.730 bits per heavy atom. The second-order valence-corrected chi connectivity index (χ2v) is 12.3. The van der Waals surface area contributed by atoms with Crippen LogP contribution in [0, 0.1) is 14.7 Å². The molecule has 0 aliphatic rings. The summed E-state index contributed by atoms with van der Waals surface area (Å²) >= 11 is 0. The van der Waals surface area contributed by atoms with Crippen LogP contribution >= 0.6 is 0 Å². The Morgan fingerprint density at radius 1 is 0.444 bits per heavy atom. The van der Waals surface area contributed by atoms with Gasteiger partial charge in [0.2, 0.25) is 0 Å². The van der Waals surface area contributed by atoms with Crippen molar-refractivity contribution in [2.75, 3.05) is 0 Å². The predicted octanol–water partition coefficient (Wildman–Crippen LogP) is 10.4. The summed E-state index contributed by atoms with van der Waals surface area (Å²) in [6.07, 6.45) is 5.74. The van der Waals surface area contributed by atoms with Gasteiger partial charge in [-0.2, -0.15) is 0 Å². The maximum Gasteiger partial charge on any atom is 0.343 e. The average Bonchev–Trinajstić information content (AvgIpc) is 3.30. The molecule has 63 heavy (non-hydrogen) atoms. The number of phenolic OH excluding ortho intramolecular Hbond substituents is 3. The van der Waals surface area contributed by atoms with Crippen LogP contribution in [0.3, 0.4) is 0 Å². The zero-order valence-corrected chi connectivity index (χ0v) is 32.6. The van der Waals surface area contributed by atoms with Crippen LogP contribution in [0.15, 0.2) is 162 Å². The lowest BCUT2D eigenvalue weighted by Crippen LogP contribution is -2.08. The van der Waals surface area contributed by atoms with Crippen molar-refractivity contribution < 1.29 is 53.8 Å². The molecule has 316 valence electrons. The summed E-state index contributed by atoms with van der Waals surface area (Å²) in [6.45, 7) is 7.25. The number of hydrogen-bond donors (Lipinski definition) is 4. The van der Waals surface area contributed by atoms with Crippen LogP contribution in [0.5, 0.6) is 34.5 Å². The first-order valence-corrected chi connectivity index (χ1v) is 17.9. The normalized spacial score (nSPS) is 10.0. The second-order valence-electron chi connectivity index (χ2n) is 12.3. The summed E-state index contributed by atoms with van der Waals surface area (Å²) in [5, 5.41) is 44.3. The maximum absolute atomic E-state index is 12.0. The third kappa shape index (κ3) is 13.9. The van der Waals surface area contributed by atoms with E-state index in [1.807, 2.05) is 0 Å². The van der Waals surface area contributed by atoms with E-state index in [9.17, 15) is 49.2 Å². The number of hydrogen-bond acceptors (Lipinski definition) is 16. The lowest BCUT2D eigenvalue weighted by molar-refractivity contribution is -0.131. The SMILES string of the molecule is C=Cc1ccc(OC(=O)c2ccc(O)c(N=O)c2)cc1.C=Cc1ccc(OC(=O)c2ccc(O)c(N=O)c2)cc1.O=Nc1cc(C(=O)Oc2ccc(C=CC(=O)O)cc2)ccc1O. The maximum atomic E-state index is 12.0. The molecule has 6 aromatic carbocycles. The summed E-state index contributed by atoms with van der Waals surface area (Å²) in [7, 11) is 0. The van der Waals surface area contributed by atoms with Crippen molar-refractivity contribution in [3.8, 4) is 34.5 Å². The van der Waals surface area contributed by atoms with E-state index in [1.54, 1.807) is 72.8 Å². The third-order valence-electron chi connectivity index (χ3n) is 8.09. The Labute approximate surface area is 357 Å². The van der Waals surface area contributed by atoms with Gasteiger partial charge in [0.15, 0.2) is 0 Å². The van der Waals surface area contributed by atoms with E-state index >= 15 is 0 Å². The molecule has 6 rings (SSSR count). The quantitative estimate of drug-likeness (QED) is 0.0364. The summed E-state index contributed by atoms with van der Waals surface area (Å²) in [5.74, 6) is -2.97. The fourth-order valence-corrected chi connectivity index (χ4v) is 4.83. The van der Waals surface area contributed by atoms with Gasteiger partial charge in [0.05, 0.1) is 16.7 Å². The van der Waals surface area contributed by atoms with Crippen LogP contribution in [-0.2, 0) is 4.79 Å². The topological polar surface area (TPSA) is 265 Å². The van der Waals surface area contributed by atoms with Crippen LogP contribution in [0.1, 0.15) is 47.8 Å². The van der Waals surface area contributed by atoms with Gasteiger partial charge >= 0.3 is 23.9 Å². The highest BCUT2D eigenvalue weighted by Gasteiger charge is 2.15. The summed E-state index contributed by atoms with van der Waals surface area (Å²) in [6, 6.07) is 30.8. The van der Waals surface area contributed by atoms with Crippen LogP contribution in [0.25, 0.3) is 18.2 Å². The molecule has 0 aliphatic heterocycles. The largest absolute Gasteiger partial charge is 0.506 e. The minimum atomic E-state index is -1.06. The molecular formula is C46H33N3O14. The van der Waals surface area contributed by atoms with Crippen molar-refractivity contribution in [3.63, 3.8) is 0 Å². The van der Waals surface area contributed by atoms with Gasteiger partial charge in [0.1, 0.15) is 51.6 Å². The molecule has 0 aliphatic carbocycles. The van der Waals surface area contributed by atoms with Gasteiger partial charge in [-0.05, 0) is 129 Å². The van der Waals surface area contributed by atoms with Gasteiger partial charge in [0.25, 0.3) is 0 Å². The fourth-order valence-electron chi connectivity index (χ4n) is 4.83. The standard InChI is InChI=1S/C16H11NO6.2C15H11NO4/c18-14-7-4-11(9-13(14)17-22)16(21)23-12-5-1-10(2-6-12)3-8-15(19)20;2*1-2-10-3-6-12(7-4-10)20-15(18)11-5-8-14(17)13(9-11)16-19/h1-9,18H,(H,19,20);2*2-9,17H,1H2. The molecule has 17 heteroatoms. The van der Waals surface area contributed by atoms with E-state index < -0.39 is 23.9 Å². The lowest BCUT2D eigenvalue weighted by Gasteiger charge is -2.05. The highest BCUT2D eigenvalue weighted by Crippen LogP contribution is 2.30. The number of carboxylic acids is 1. The number of benzene rings is 6. The van der Waals surface area contributed by atoms with Crippen molar-refractivity contribution in [3.05, 3.63) is 195 Å². The number of nitroso groups, excluding NO2 is 3. The zero-order chi connectivity index (χ0) is 45.9. The molecule has 0 heterocycles. The van der Waals surface area contributed by atoms with Crippen molar-refractivity contribution in [2.24, 2.45) is 15.5 Å². The molecule has 17 nitrogen and oxygen atoms in total. The molecule has 0 aromatic heterocycles. The Kier molecular flexibility index (Phi) is 16.7. The number of phenols is 3. The molecule has 0 atom stereocenters. The summed E-state index contributed by atoms with van der Waals surface area (Å²) in [4.78, 5) is 77.5. The zero-order valence-electron chi connectivity index (χ0n) is 32.6. The monoisotopic (exact) mass is 851 g/mol. The number of rotatable bonds is 13. The van der Waals surface area contributed by atoms with Gasteiger partial charge in [-0.1, -0.05) is 61.7 Å². The first-order valence-electron chi connectivity index (χ1n) is 17.9. The number of ether oxygens (including phenoxy) is 3. The van der Waals surface area contributed by atoms with Crippen molar-refractivity contribution >= 4 is 59.2 Å². The number of aromatic hydroxyl groups is 3. The van der Waals surface area contributed by atoms with Crippen LogP contribution < -0.4 is 14.2 Å². The van der Waals surface area contributed by atoms with Crippen molar-refractivity contribution in [1.82, 2.24) is 0 Å². The molecule has 0 saturated carbocycles. The summed E-state index contributed by atoms with van der Waals surface area (Å²) in [5.41, 5.74) is 2.09. The van der Waals surface area contributed by atoms with Gasteiger partial charge in [-0.15, -0.1) is 14.7 Å². The number of aliphatic carboxylic acids is 1. The summed E-state index contributed by atoms with van der Waals surface area (Å²) < 4.78 is 15.4. The van der Waals surface area contributed by atoms with E-state index in [2.05, 4.69) is 28.7 Å². The van der Waals surface area contributed by atoms with E-state index in [-0.39, 0.29) is 56.8 Å². The van der Waals surface area contributed by atoms with E-state index in [1.165, 1.54) is 66.7 Å². The first-order chi connectivity index (χ1) is 30.3. The second kappa shape index (κ2) is 22.7. The van der Waals surface area contributed by atoms with Crippen LogP contribution in [0.2, 0.25) is 0 Å². The molecule has 0 saturated heterocycles. The van der Waals surface area contributed by atoms with E-state index in [0.29, 0.717) is 17.1 Å². The molecular weight excluding hydrogens is 819 g/mol. The van der Waals surface area contributed by atoms with Crippen LogP contribution in [-0.4, -0.2) is 44.3 Å². The molecule has 0 spiro atoms. The Hall–Kier alpha value is -9.38. The highest BCUT2D eigenvalue weighted by atomic mass is 16.5. The number of esters is 3. The van der Waals surface area contributed by atoms with Gasteiger partial charge in [-0.25, -0.2) is 19.2 Å². The van der Waals surface area contributed by atoms with E-state index in [0.717, 1.165) is 23.3 Å². The minimum absolute atomic E-state index is 0.0623. The number of carbonyl (C=O) groups excluding carboxylic acids is 3. The van der Waals surface area contributed by atoms with E-state index in [4.69, 9.17) is 19.3 Å².